The molecule has 0 aliphatic carbocycles. The van der Waals surface area contributed by atoms with E-state index >= 15 is 0 Å². The number of carbonyl (C=O) groups is 4. The van der Waals surface area contributed by atoms with E-state index in [1.54, 1.807) is 79.7 Å². The number of nitrogens with zero attached hydrogens (tertiary/aromatic N) is 1. The number of esters is 1. The van der Waals surface area contributed by atoms with Gasteiger partial charge in [0.2, 0.25) is 0 Å². The van der Waals surface area contributed by atoms with Crippen molar-refractivity contribution < 1.29 is 23.9 Å². The predicted molar refractivity (Wildman–Crippen MR) is 144 cm³/mol. The molecule has 1 heterocycles. The highest BCUT2D eigenvalue weighted by atomic mass is 35.5. The maximum atomic E-state index is 12.8. The highest BCUT2D eigenvalue weighted by Crippen LogP contribution is 2.26. The van der Waals surface area contributed by atoms with Gasteiger partial charge in [-0.1, -0.05) is 53.5 Å². The Hall–Kier alpha value is -4.14. The van der Waals surface area contributed by atoms with Crippen molar-refractivity contribution in [2.75, 3.05) is 11.9 Å². The standard InChI is InChI=1S/C28H23Cl2N3O5/c1-2-38-28(37)19-11-13-21(14-12-19)32-25(34)18-9-7-17(8-10-18)15-31-24-23(30)26(35)33(27(24)36)16-20-5-3-4-6-22(20)29/h3-14,31H,2,15-16H2,1H3,(H,32,34). The Bertz CT molecular complexity index is 1420. The smallest absolute Gasteiger partial charge is 0.338 e. The van der Waals surface area contributed by atoms with Gasteiger partial charge in [0.05, 0.1) is 18.7 Å². The van der Waals surface area contributed by atoms with Gasteiger partial charge in [-0.15, -0.1) is 0 Å². The number of nitrogens with one attached hydrogen (secondary N) is 2. The van der Waals surface area contributed by atoms with E-state index in [0.29, 0.717) is 27.4 Å². The Morgan fingerprint density at radius 1 is 0.868 bits per heavy atom. The summed E-state index contributed by atoms with van der Waals surface area (Å²) < 4.78 is 4.95. The van der Waals surface area contributed by atoms with Gasteiger partial charge in [-0.2, -0.15) is 0 Å². The van der Waals surface area contributed by atoms with Gasteiger partial charge in [-0.25, -0.2) is 4.79 Å². The summed E-state index contributed by atoms with van der Waals surface area (Å²) in [5, 5.41) is 5.96. The van der Waals surface area contributed by atoms with E-state index in [9.17, 15) is 19.2 Å². The number of benzene rings is 3. The zero-order chi connectivity index (χ0) is 27.2. The molecule has 3 amide bonds. The first-order chi connectivity index (χ1) is 18.3. The fourth-order valence-corrected chi connectivity index (χ4v) is 4.16. The molecule has 1 aliphatic heterocycles. The molecule has 0 unspecified atom stereocenters. The van der Waals surface area contributed by atoms with Gasteiger partial charge in [0.25, 0.3) is 17.7 Å². The minimum Gasteiger partial charge on any atom is -0.462 e. The molecule has 0 saturated carbocycles. The Morgan fingerprint density at radius 2 is 1.53 bits per heavy atom. The number of hydrogen-bond acceptors (Lipinski definition) is 6. The molecule has 0 atom stereocenters. The minimum atomic E-state index is -0.596. The Morgan fingerprint density at radius 3 is 2.18 bits per heavy atom. The van der Waals surface area contributed by atoms with E-state index in [2.05, 4.69) is 10.6 Å². The van der Waals surface area contributed by atoms with Crippen LogP contribution in [0.5, 0.6) is 0 Å². The Kier molecular flexibility index (Phi) is 8.45. The summed E-state index contributed by atoms with van der Waals surface area (Å²) >= 11 is 12.3. The van der Waals surface area contributed by atoms with Gasteiger partial charge in [0, 0.05) is 22.8 Å². The first-order valence-electron chi connectivity index (χ1n) is 11.7. The molecule has 0 bridgehead atoms. The molecule has 0 fully saturated rings. The first-order valence-corrected chi connectivity index (χ1v) is 12.4. The lowest BCUT2D eigenvalue weighted by Gasteiger charge is -2.16. The maximum absolute atomic E-state index is 12.8. The lowest BCUT2D eigenvalue weighted by Crippen LogP contribution is -2.33. The van der Waals surface area contributed by atoms with Crippen LogP contribution in [0.4, 0.5) is 5.69 Å². The third-order valence-corrected chi connectivity index (χ3v) is 6.46. The molecule has 2 N–H and O–H groups in total. The largest absolute Gasteiger partial charge is 0.462 e. The molecule has 3 aromatic carbocycles. The summed E-state index contributed by atoms with van der Waals surface area (Å²) in [6.45, 7) is 2.23. The molecule has 8 nitrogen and oxygen atoms in total. The highest BCUT2D eigenvalue weighted by Gasteiger charge is 2.37. The van der Waals surface area contributed by atoms with Crippen molar-refractivity contribution in [1.82, 2.24) is 10.2 Å². The second-order valence-electron chi connectivity index (χ2n) is 8.28. The van der Waals surface area contributed by atoms with Crippen molar-refractivity contribution in [3.8, 4) is 0 Å². The van der Waals surface area contributed by atoms with Crippen LogP contribution in [0, 0.1) is 0 Å². The highest BCUT2D eigenvalue weighted by molar-refractivity contribution is 6.47. The van der Waals surface area contributed by atoms with Crippen molar-refractivity contribution in [3.63, 3.8) is 0 Å². The summed E-state index contributed by atoms with van der Waals surface area (Å²) in [5.74, 6) is -1.89. The molecule has 0 aromatic heterocycles. The fraction of sp³-hybridized carbons (Fsp3) is 0.143. The van der Waals surface area contributed by atoms with E-state index in [1.807, 2.05) is 0 Å². The maximum Gasteiger partial charge on any atom is 0.338 e. The number of halogens is 2. The van der Waals surface area contributed by atoms with Crippen LogP contribution < -0.4 is 10.6 Å². The molecule has 4 rings (SSSR count). The second kappa shape index (κ2) is 11.9. The number of carbonyl (C=O) groups excluding carboxylic acids is 4. The van der Waals surface area contributed by atoms with Crippen molar-refractivity contribution in [2.45, 2.75) is 20.0 Å². The molecule has 3 aromatic rings. The third kappa shape index (κ3) is 6.04. The van der Waals surface area contributed by atoms with Crippen LogP contribution in [-0.2, 0) is 27.4 Å². The summed E-state index contributed by atoms with van der Waals surface area (Å²) in [4.78, 5) is 50.8. The van der Waals surface area contributed by atoms with Gasteiger partial charge in [-0.05, 0) is 60.5 Å². The lowest BCUT2D eigenvalue weighted by molar-refractivity contribution is -0.138. The SMILES string of the molecule is CCOC(=O)c1ccc(NC(=O)c2ccc(CNC3=C(Cl)C(=O)N(Cc4ccccc4Cl)C3=O)cc2)cc1. The molecule has 194 valence electrons. The number of imide groups is 1. The lowest BCUT2D eigenvalue weighted by atomic mass is 10.1. The van der Waals surface area contributed by atoms with Gasteiger partial charge in [0.1, 0.15) is 10.7 Å². The average molecular weight is 552 g/mol. The Labute approximate surface area is 229 Å². The van der Waals surface area contributed by atoms with E-state index in [-0.39, 0.29) is 36.3 Å². The number of hydrogen-bond donors (Lipinski definition) is 2. The van der Waals surface area contributed by atoms with E-state index in [4.69, 9.17) is 27.9 Å². The van der Waals surface area contributed by atoms with Crippen LogP contribution in [-0.4, -0.2) is 35.2 Å². The minimum absolute atomic E-state index is 0.00804. The molecule has 0 radical (unpaired) electrons. The number of amides is 3. The summed E-state index contributed by atoms with van der Waals surface area (Å²) in [5.41, 5.74) is 2.75. The molecule has 10 heteroatoms. The molecule has 38 heavy (non-hydrogen) atoms. The molecular weight excluding hydrogens is 529 g/mol. The van der Waals surface area contributed by atoms with Gasteiger partial charge in [-0.3, -0.25) is 19.3 Å². The normalized spacial score (nSPS) is 13.1. The van der Waals surface area contributed by atoms with Crippen molar-refractivity contribution in [2.24, 2.45) is 0 Å². The molecule has 0 saturated heterocycles. The summed E-state index contributed by atoms with van der Waals surface area (Å²) in [7, 11) is 0. The van der Waals surface area contributed by atoms with Crippen molar-refractivity contribution in [3.05, 3.63) is 111 Å². The summed E-state index contributed by atoms with van der Waals surface area (Å²) in [6, 6.07) is 20.1. The van der Waals surface area contributed by atoms with E-state index in [0.717, 1.165) is 10.5 Å². The molecule has 0 spiro atoms. The van der Waals surface area contributed by atoms with Crippen LogP contribution in [0.3, 0.4) is 0 Å². The molecule has 1 aliphatic rings. The quantitative estimate of drug-likeness (QED) is 0.290. The van der Waals surface area contributed by atoms with Crippen LogP contribution in [0.2, 0.25) is 5.02 Å². The van der Waals surface area contributed by atoms with E-state index < -0.39 is 17.8 Å². The molecular formula is C28H23Cl2N3O5. The van der Waals surface area contributed by atoms with Crippen LogP contribution in [0.25, 0.3) is 0 Å². The topological polar surface area (TPSA) is 105 Å². The first kappa shape index (κ1) is 26.9. The Balaban J connectivity index is 1.34. The third-order valence-electron chi connectivity index (χ3n) is 5.74. The van der Waals surface area contributed by atoms with Gasteiger partial charge in [0.15, 0.2) is 0 Å². The van der Waals surface area contributed by atoms with Gasteiger partial charge >= 0.3 is 5.97 Å². The number of rotatable bonds is 9. The zero-order valence-electron chi connectivity index (χ0n) is 20.3. The average Bonchev–Trinajstić information content (AvgIpc) is 3.12. The van der Waals surface area contributed by atoms with E-state index in [1.165, 1.54) is 0 Å². The van der Waals surface area contributed by atoms with Crippen molar-refractivity contribution in [1.29, 1.82) is 0 Å². The number of anilines is 1. The van der Waals surface area contributed by atoms with Crippen LogP contribution in [0.1, 0.15) is 38.8 Å². The summed E-state index contributed by atoms with van der Waals surface area (Å²) in [6.07, 6.45) is 0. The zero-order valence-corrected chi connectivity index (χ0v) is 21.8. The predicted octanol–water partition coefficient (Wildman–Crippen LogP) is 4.88. The second-order valence-corrected chi connectivity index (χ2v) is 9.06. The number of ether oxygens (including phenoxy) is 1. The monoisotopic (exact) mass is 551 g/mol. The van der Waals surface area contributed by atoms with Crippen LogP contribution >= 0.6 is 23.2 Å². The van der Waals surface area contributed by atoms with Crippen LogP contribution in [0.15, 0.2) is 83.5 Å². The van der Waals surface area contributed by atoms with Gasteiger partial charge < -0.3 is 15.4 Å². The fourth-order valence-electron chi connectivity index (χ4n) is 3.71. The van der Waals surface area contributed by atoms with Crippen molar-refractivity contribution >= 4 is 52.6 Å².